The Kier molecular flexibility index (Phi) is 6.06. The Bertz CT molecular complexity index is 743. The van der Waals surface area contributed by atoms with Crippen molar-refractivity contribution in [2.45, 2.75) is 0 Å². The maximum Gasteiger partial charge on any atom is 0.253 e. The summed E-state index contributed by atoms with van der Waals surface area (Å²) in [6, 6.07) is 11.7. The number of halogens is 2. The highest BCUT2D eigenvalue weighted by molar-refractivity contribution is 6.35. The zero-order valence-electron chi connectivity index (χ0n) is 13.3. The molecule has 2 aromatic carbocycles. The van der Waals surface area contributed by atoms with E-state index in [0.717, 1.165) is 0 Å². The van der Waals surface area contributed by atoms with Crippen molar-refractivity contribution in [3.8, 4) is 0 Å². The molecule has 0 aromatic heterocycles. The van der Waals surface area contributed by atoms with Crippen molar-refractivity contribution in [1.82, 2.24) is 4.90 Å². The minimum Gasteiger partial charge on any atom is -0.376 e. The molecule has 2 N–H and O–H groups in total. The first-order valence-corrected chi connectivity index (χ1v) is 7.92. The van der Waals surface area contributed by atoms with E-state index >= 15 is 0 Å². The molecule has 0 saturated carbocycles. The summed E-state index contributed by atoms with van der Waals surface area (Å²) < 4.78 is 0. The van der Waals surface area contributed by atoms with Crippen LogP contribution in [0, 0.1) is 0 Å². The third-order valence-corrected chi connectivity index (χ3v) is 3.55. The molecule has 0 fully saturated rings. The van der Waals surface area contributed by atoms with Crippen LogP contribution < -0.4 is 10.6 Å². The first-order chi connectivity index (χ1) is 11.3. The van der Waals surface area contributed by atoms with Crippen molar-refractivity contribution in [1.29, 1.82) is 0 Å². The smallest absolute Gasteiger partial charge is 0.253 e. The van der Waals surface area contributed by atoms with Gasteiger partial charge in [-0.2, -0.15) is 0 Å². The average molecular weight is 366 g/mol. The van der Waals surface area contributed by atoms with Crippen LogP contribution in [0.4, 0.5) is 11.4 Å². The fraction of sp³-hybridized carbons (Fsp3) is 0.176. The first kappa shape index (κ1) is 18.1. The highest BCUT2D eigenvalue weighted by Gasteiger charge is 2.09. The molecule has 0 spiro atoms. The van der Waals surface area contributed by atoms with Gasteiger partial charge in [0, 0.05) is 41.1 Å². The Morgan fingerprint density at radius 1 is 1.00 bits per heavy atom. The minimum absolute atomic E-state index is 0.0442. The highest BCUT2D eigenvalue weighted by Crippen LogP contribution is 2.22. The molecule has 7 heteroatoms. The summed E-state index contributed by atoms with van der Waals surface area (Å²) in [4.78, 5) is 25.4. The van der Waals surface area contributed by atoms with E-state index in [1.165, 1.54) is 4.90 Å². The fourth-order valence-electron chi connectivity index (χ4n) is 2.03. The number of amides is 2. The van der Waals surface area contributed by atoms with Crippen LogP contribution in [0.15, 0.2) is 42.5 Å². The largest absolute Gasteiger partial charge is 0.376 e. The molecule has 0 aliphatic carbocycles. The molecule has 0 bridgehead atoms. The molecular weight excluding hydrogens is 349 g/mol. The zero-order chi connectivity index (χ0) is 17.7. The Hall–Kier alpha value is -2.24. The van der Waals surface area contributed by atoms with Crippen LogP contribution in [-0.2, 0) is 4.79 Å². The summed E-state index contributed by atoms with van der Waals surface area (Å²) in [5.74, 6) is -0.377. The molecule has 2 amide bonds. The number of nitrogens with one attached hydrogen (secondary N) is 2. The van der Waals surface area contributed by atoms with Crippen LogP contribution in [0.1, 0.15) is 10.4 Å². The van der Waals surface area contributed by atoms with Gasteiger partial charge in [0.05, 0.1) is 6.54 Å². The average Bonchev–Trinajstić information content (AvgIpc) is 2.51. The number of rotatable bonds is 5. The van der Waals surface area contributed by atoms with Crippen LogP contribution in [0.25, 0.3) is 0 Å². The first-order valence-electron chi connectivity index (χ1n) is 7.16. The third-order valence-electron chi connectivity index (χ3n) is 3.12. The second-order valence-corrected chi connectivity index (χ2v) is 6.21. The van der Waals surface area contributed by atoms with Gasteiger partial charge < -0.3 is 15.5 Å². The normalized spacial score (nSPS) is 10.2. The quantitative estimate of drug-likeness (QED) is 0.847. The lowest BCUT2D eigenvalue weighted by molar-refractivity contribution is -0.114. The molecule has 0 aliphatic rings. The molecule has 0 radical (unpaired) electrons. The Morgan fingerprint density at radius 2 is 1.67 bits per heavy atom. The molecule has 2 rings (SSSR count). The van der Waals surface area contributed by atoms with Crippen molar-refractivity contribution in [2.24, 2.45) is 0 Å². The van der Waals surface area contributed by atoms with E-state index < -0.39 is 0 Å². The molecule has 0 aliphatic heterocycles. The summed E-state index contributed by atoms with van der Waals surface area (Å²) in [5.41, 5.74) is 1.71. The van der Waals surface area contributed by atoms with Gasteiger partial charge in [-0.25, -0.2) is 0 Å². The molecule has 0 unspecified atom stereocenters. The molecule has 0 heterocycles. The lowest BCUT2D eigenvalue weighted by Gasteiger charge is -2.12. The predicted molar refractivity (Wildman–Crippen MR) is 98.0 cm³/mol. The van der Waals surface area contributed by atoms with Gasteiger partial charge in [0.25, 0.3) is 5.91 Å². The van der Waals surface area contributed by atoms with Gasteiger partial charge >= 0.3 is 0 Å². The van der Waals surface area contributed by atoms with E-state index in [9.17, 15) is 9.59 Å². The van der Waals surface area contributed by atoms with Crippen LogP contribution in [0.3, 0.4) is 0 Å². The number of carbonyl (C=O) groups excluding carboxylic acids is 2. The molecule has 0 atom stereocenters. The number of anilines is 2. The van der Waals surface area contributed by atoms with Gasteiger partial charge in [-0.3, -0.25) is 9.59 Å². The van der Waals surface area contributed by atoms with Gasteiger partial charge in [-0.05, 0) is 36.4 Å². The van der Waals surface area contributed by atoms with E-state index in [4.69, 9.17) is 23.2 Å². The summed E-state index contributed by atoms with van der Waals surface area (Å²) in [6.07, 6.45) is 0. The molecule has 126 valence electrons. The molecular formula is C17H17Cl2N3O2. The minimum atomic E-state index is -0.249. The van der Waals surface area contributed by atoms with E-state index in [1.54, 1.807) is 56.6 Å². The number of carbonyl (C=O) groups is 2. The maximum atomic E-state index is 12.0. The summed E-state index contributed by atoms with van der Waals surface area (Å²) in [5, 5.41) is 6.66. The standard InChI is InChI=1S/C17H17Cl2N3O2/c1-22(2)17(24)11-4-3-5-14(6-11)21-16(23)10-20-15-8-12(18)7-13(19)9-15/h3-9,20H,10H2,1-2H3,(H,21,23). The van der Waals surface area contributed by atoms with E-state index in [1.807, 2.05) is 0 Å². The molecule has 2 aromatic rings. The molecule has 24 heavy (non-hydrogen) atoms. The Labute approximate surface area is 150 Å². The lowest BCUT2D eigenvalue weighted by atomic mass is 10.2. The van der Waals surface area contributed by atoms with Gasteiger partial charge in [0.15, 0.2) is 0 Å². The van der Waals surface area contributed by atoms with Crippen molar-refractivity contribution in [3.05, 3.63) is 58.1 Å². The predicted octanol–water partition coefficient (Wildman–Crippen LogP) is 3.75. The summed E-state index contributed by atoms with van der Waals surface area (Å²) >= 11 is 11.8. The van der Waals surface area contributed by atoms with Crippen LogP contribution >= 0.6 is 23.2 Å². The SMILES string of the molecule is CN(C)C(=O)c1cccc(NC(=O)CNc2cc(Cl)cc(Cl)c2)c1. The number of benzene rings is 2. The van der Waals surface area contributed by atoms with Crippen molar-refractivity contribution in [2.75, 3.05) is 31.3 Å². The van der Waals surface area contributed by atoms with E-state index in [-0.39, 0.29) is 18.4 Å². The highest BCUT2D eigenvalue weighted by atomic mass is 35.5. The van der Waals surface area contributed by atoms with Gasteiger partial charge in [0.1, 0.15) is 0 Å². The Balaban J connectivity index is 1.97. The lowest BCUT2D eigenvalue weighted by Crippen LogP contribution is -2.23. The second-order valence-electron chi connectivity index (χ2n) is 5.34. The monoisotopic (exact) mass is 365 g/mol. The number of hydrogen-bond donors (Lipinski definition) is 2. The van der Waals surface area contributed by atoms with Crippen molar-refractivity contribution < 1.29 is 9.59 Å². The van der Waals surface area contributed by atoms with Crippen molar-refractivity contribution >= 4 is 46.4 Å². The summed E-state index contributed by atoms with van der Waals surface area (Å²) in [7, 11) is 3.35. The van der Waals surface area contributed by atoms with Crippen LogP contribution in [0.2, 0.25) is 10.0 Å². The van der Waals surface area contributed by atoms with Gasteiger partial charge in [-0.1, -0.05) is 29.3 Å². The topological polar surface area (TPSA) is 61.4 Å². The van der Waals surface area contributed by atoms with Gasteiger partial charge in [-0.15, -0.1) is 0 Å². The molecule has 5 nitrogen and oxygen atoms in total. The van der Waals surface area contributed by atoms with Gasteiger partial charge in [0.2, 0.25) is 5.91 Å². The fourth-order valence-corrected chi connectivity index (χ4v) is 2.56. The maximum absolute atomic E-state index is 12.0. The van der Waals surface area contributed by atoms with E-state index in [0.29, 0.717) is 27.0 Å². The van der Waals surface area contributed by atoms with Crippen LogP contribution in [-0.4, -0.2) is 37.4 Å². The zero-order valence-corrected chi connectivity index (χ0v) is 14.8. The number of hydrogen-bond acceptors (Lipinski definition) is 3. The number of nitrogens with zero attached hydrogens (tertiary/aromatic N) is 1. The van der Waals surface area contributed by atoms with Crippen molar-refractivity contribution in [3.63, 3.8) is 0 Å². The van der Waals surface area contributed by atoms with Crippen LogP contribution in [0.5, 0.6) is 0 Å². The Morgan fingerprint density at radius 3 is 2.29 bits per heavy atom. The third kappa shape index (κ3) is 5.15. The second kappa shape index (κ2) is 8.04. The van der Waals surface area contributed by atoms with E-state index in [2.05, 4.69) is 10.6 Å². The summed E-state index contributed by atoms with van der Waals surface area (Å²) in [6.45, 7) is 0.0442. The molecule has 0 saturated heterocycles.